The predicted molar refractivity (Wildman–Crippen MR) is 152 cm³/mol. The molecule has 2 aromatic carbocycles. The minimum Gasteiger partial charge on any atom is -0.390 e. The molecule has 0 radical (unpaired) electrons. The lowest BCUT2D eigenvalue weighted by Gasteiger charge is -2.39. The molecule has 7 nitrogen and oxygen atoms in total. The number of nitrogens with one attached hydrogen (secondary N) is 2. The molecule has 9 heteroatoms. The summed E-state index contributed by atoms with van der Waals surface area (Å²) >= 11 is 1.52. The molecule has 0 spiro atoms. The molecule has 3 N–H and O–H groups in total. The summed E-state index contributed by atoms with van der Waals surface area (Å²) in [5, 5.41) is 20.7. The zero-order valence-corrected chi connectivity index (χ0v) is 23.6. The Morgan fingerprint density at radius 3 is 2.59 bits per heavy atom. The van der Waals surface area contributed by atoms with Crippen LogP contribution in [0.15, 0.2) is 41.8 Å². The number of hydrogen-bond donors (Lipinski definition) is 3. The lowest BCUT2D eigenvalue weighted by molar-refractivity contribution is -0.140. The molecular formula is C30H37FN4O3S. The number of likely N-dealkylation sites (tertiary alicyclic amines) is 1. The van der Waals surface area contributed by atoms with Crippen molar-refractivity contribution in [1.82, 2.24) is 20.5 Å². The second-order valence-electron chi connectivity index (χ2n) is 11.2. The fourth-order valence-electron chi connectivity index (χ4n) is 5.90. The van der Waals surface area contributed by atoms with Crippen molar-refractivity contribution in [2.75, 3.05) is 13.6 Å². The Morgan fingerprint density at radius 1 is 1.15 bits per heavy atom. The van der Waals surface area contributed by atoms with Crippen molar-refractivity contribution in [2.24, 2.45) is 5.92 Å². The molecule has 3 aromatic rings. The highest BCUT2D eigenvalue weighted by molar-refractivity contribution is 7.10. The average molecular weight is 553 g/mol. The van der Waals surface area contributed by atoms with E-state index in [1.165, 1.54) is 17.4 Å². The van der Waals surface area contributed by atoms with Gasteiger partial charge in [0.1, 0.15) is 16.9 Å². The summed E-state index contributed by atoms with van der Waals surface area (Å²) in [6, 6.07) is 9.39. The van der Waals surface area contributed by atoms with E-state index in [1.54, 1.807) is 26.1 Å². The molecule has 0 bridgehead atoms. The summed E-state index contributed by atoms with van der Waals surface area (Å²) < 4.78 is 14.4. The summed E-state index contributed by atoms with van der Waals surface area (Å²) in [7, 11) is 1.72. The maximum Gasteiger partial charge on any atom is 0.246 e. The Balaban J connectivity index is 1.41. The van der Waals surface area contributed by atoms with E-state index in [0.717, 1.165) is 34.5 Å². The molecule has 2 amide bonds. The number of hydrogen-bond acceptors (Lipinski definition) is 6. The van der Waals surface area contributed by atoms with Gasteiger partial charge in [-0.15, -0.1) is 11.3 Å². The van der Waals surface area contributed by atoms with Crippen molar-refractivity contribution in [3.05, 3.63) is 52.6 Å². The first-order valence-electron chi connectivity index (χ1n) is 13.8. The summed E-state index contributed by atoms with van der Waals surface area (Å²) in [5.74, 6) is -0.583. The van der Waals surface area contributed by atoms with Gasteiger partial charge < -0.3 is 20.6 Å². The number of carbonyl (C=O) groups excluding carboxylic acids is 2. The van der Waals surface area contributed by atoms with Crippen molar-refractivity contribution < 1.29 is 19.1 Å². The summed E-state index contributed by atoms with van der Waals surface area (Å²) in [6.45, 7) is 4.22. The molecule has 5 rings (SSSR count). The van der Waals surface area contributed by atoms with Crippen LogP contribution in [-0.2, 0) is 9.59 Å². The first kappa shape index (κ1) is 27.7. The molecule has 1 saturated carbocycles. The maximum atomic E-state index is 14.4. The second kappa shape index (κ2) is 11.3. The standard InChI is InChI=1S/C30H37FN4O3S/c1-18(32-3)27(36)34-26(19-12-14-30(2,38)15-13-19)29(37)35-16-6-9-25(35)28-33-24(17-39-28)22-10-11-23(31)21-8-5-4-7-20(21)22/h4-5,7-8,10-11,17-19,25-26,32,38H,6,9,12-16H2,1-3H3,(H,34,36)/t18-,19-,25-,26-,30-/m0/s1. The molecule has 3 atom stereocenters. The third-order valence-electron chi connectivity index (χ3n) is 8.46. The van der Waals surface area contributed by atoms with Gasteiger partial charge in [0.15, 0.2) is 0 Å². The number of benzene rings is 2. The third kappa shape index (κ3) is 5.71. The van der Waals surface area contributed by atoms with Crippen LogP contribution in [0.1, 0.15) is 63.4 Å². The smallest absolute Gasteiger partial charge is 0.246 e. The average Bonchev–Trinajstić information content (AvgIpc) is 3.61. The van der Waals surface area contributed by atoms with Gasteiger partial charge in [0.25, 0.3) is 0 Å². The number of nitrogens with zero attached hydrogens (tertiary/aromatic N) is 2. The largest absolute Gasteiger partial charge is 0.390 e. The van der Waals surface area contributed by atoms with Crippen LogP contribution in [0.25, 0.3) is 22.0 Å². The molecule has 1 aliphatic heterocycles. The number of aromatic nitrogens is 1. The van der Waals surface area contributed by atoms with Gasteiger partial charge in [0, 0.05) is 22.9 Å². The monoisotopic (exact) mass is 552 g/mol. The Bertz CT molecular complexity index is 1350. The predicted octanol–water partition coefficient (Wildman–Crippen LogP) is 4.80. The van der Waals surface area contributed by atoms with Crippen LogP contribution in [0, 0.1) is 11.7 Å². The van der Waals surface area contributed by atoms with E-state index in [1.807, 2.05) is 35.4 Å². The lowest BCUT2D eigenvalue weighted by Crippen LogP contribution is -2.56. The fourth-order valence-corrected chi connectivity index (χ4v) is 6.87. The van der Waals surface area contributed by atoms with Crippen molar-refractivity contribution >= 4 is 33.9 Å². The number of aliphatic hydroxyl groups is 1. The number of amides is 2. The summed E-state index contributed by atoms with van der Waals surface area (Å²) in [4.78, 5) is 33.8. The number of fused-ring (bicyclic) bond motifs is 1. The quantitative estimate of drug-likeness (QED) is 0.392. The van der Waals surface area contributed by atoms with Crippen LogP contribution in [0.2, 0.25) is 0 Å². The van der Waals surface area contributed by atoms with Gasteiger partial charge >= 0.3 is 0 Å². The van der Waals surface area contributed by atoms with E-state index in [-0.39, 0.29) is 29.6 Å². The van der Waals surface area contributed by atoms with Crippen molar-refractivity contribution in [3.63, 3.8) is 0 Å². The van der Waals surface area contributed by atoms with E-state index in [0.29, 0.717) is 37.6 Å². The molecule has 2 heterocycles. The molecular weight excluding hydrogens is 515 g/mol. The minimum atomic E-state index is -0.732. The zero-order valence-electron chi connectivity index (χ0n) is 22.7. The number of thiazole rings is 1. The SMILES string of the molecule is CN[C@@H](C)C(=O)N[C@H](C(=O)N1CCC[C@H]1c1nc(-c2ccc(F)c3ccccc23)cs1)[C@H]1CC[C@](C)(O)CC1. The minimum absolute atomic E-state index is 0.0376. The van der Waals surface area contributed by atoms with Crippen molar-refractivity contribution in [2.45, 2.75) is 76.1 Å². The summed E-state index contributed by atoms with van der Waals surface area (Å²) in [6.07, 6.45) is 4.21. The molecule has 208 valence electrons. The van der Waals surface area contributed by atoms with E-state index < -0.39 is 17.7 Å². The molecule has 2 fully saturated rings. The van der Waals surface area contributed by atoms with Crippen molar-refractivity contribution in [1.29, 1.82) is 0 Å². The van der Waals surface area contributed by atoms with Gasteiger partial charge in [0.05, 0.1) is 23.4 Å². The van der Waals surface area contributed by atoms with Crippen LogP contribution in [0.3, 0.4) is 0 Å². The van der Waals surface area contributed by atoms with Gasteiger partial charge in [0.2, 0.25) is 11.8 Å². The first-order valence-corrected chi connectivity index (χ1v) is 14.7. The Kier molecular flexibility index (Phi) is 8.03. The highest BCUT2D eigenvalue weighted by atomic mass is 32.1. The topological polar surface area (TPSA) is 94.6 Å². The van der Waals surface area contributed by atoms with E-state index in [4.69, 9.17) is 4.98 Å². The lowest BCUT2D eigenvalue weighted by atomic mass is 9.76. The van der Waals surface area contributed by atoms with E-state index in [9.17, 15) is 19.1 Å². The number of halogens is 1. The highest BCUT2D eigenvalue weighted by Crippen LogP contribution is 2.40. The molecule has 1 aliphatic carbocycles. The van der Waals surface area contributed by atoms with E-state index in [2.05, 4.69) is 10.6 Å². The van der Waals surface area contributed by atoms with Crippen molar-refractivity contribution in [3.8, 4) is 11.3 Å². The van der Waals surface area contributed by atoms with Gasteiger partial charge in [-0.2, -0.15) is 0 Å². The third-order valence-corrected chi connectivity index (χ3v) is 9.40. The normalized spacial score (nSPS) is 25.0. The van der Waals surface area contributed by atoms with Gasteiger partial charge in [-0.1, -0.05) is 24.3 Å². The Morgan fingerprint density at radius 2 is 1.87 bits per heavy atom. The highest BCUT2D eigenvalue weighted by Gasteiger charge is 2.42. The molecule has 2 aliphatic rings. The van der Waals surface area contributed by atoms with Crippen LogP contribution in [0.4, 0.5) is 4.39 Å². The van der Waals surface area contributed by atoms with Gasteiger partial charge in [-0.05, 0) is 82.9 Å². The maximum absolute atomic E-state index is 14.4. The van der Waals surface area contributed by atoms with Gasteiger partial charge in [-0.3, -0.25) is 9.59 Å². The first-order chi connectivity index (χ1) is 18.7. The second-order valence-corrected chi connectivity index (χ2v) is 12.1. The van der Waals surface area contributed by atoms with E-state index >= 15 is 0 Å². The molecule has 0 unspecified atom stereocenters. The summed E-state index contributed by atoms with van der Waals surface area (Å²) in [5.41, 5.74) is 0.906. The fraction of sp³-hybridized carbons (Fsp3) is 0.500. The Labute approximate surface area is 232 Å². The molecule has 1 aromatic heterocycles. The Hall–Kier alpha value is -2.88. The van der Waals surface area contributed by atoms with Crippen LogP contribution >= 0.6 is 11.3 Å². The zero-order chi connectivity index (χ0) is 27.7. The van der Waals surface area contributed by atoms with Crippen LogP contribution in [0.5, 0.6) is 0 Å². The molecule has 39 heavy (non-hydrogen) atoms. The van der Waals surface area contributed by atoms with Crippen LogP contribution in [-0.4, -0.2) is 58.1 Å². The van der Waals surface area contributed by atoms with Gasteiger partial charge in [-0.25, -0.2) is 9.37 Å². The number of carbonyl (C=O) groups is 2. The number of rotatable bonds is 7. The van der Waals surface area contributed by atoms with Crippen LogP contribution < -0.4 is 10.6 Å². The molecule has 1 saturated heterocycles. The number of likely N-dealkylation sites (N-methyl/N-ethyl adjacent to an activating group) is 1.